The molecule has 0 spiro atoms. The third-order valence-electron chi connectivity index (χ3n) is 3.73. The Bertz CT molecular complexity index is 1020. The third-order valence-corrected chi connectivity index (χ3v) is 4.99. The van der Waals surface area contributed by atoms with Crippen LogP contribution in [-0.4, -0.2) is 19.8 Å². The van der Waals surface area contributed by atoms with E-state index < -0.39 is 10.5 Å². The van der Waals surface area contributed by atoms with E-state index >= 15 is 0 Å². The van der Waals surface area contributed by atoms with Gasteiger partial charge in [-0.05, 0) is 23.3 Å². The molecule has 1 heterocycles. The van der Waals surface area contributed by atoms with Crippen LogP contribution in [0.3, 0.4) is 0 Å². The fourth-order valence-corrected chi connectivity index (χ4v) is 3.22. The van der Waals surface area contributed by atoms with Gasteiger partial charge in [-0.1, -0.05) is 47.6 Å². The Morgan fingerprint density at radius 3 is 2.33 bits per heavy atom. The van der Waals surface area contributed by atoms with Crippen LogP contribution in [0.15, 0.2) is 58.5 Å². The fraction of sp³-hybridized carbons (Fsp3) is 0.118. The predicted molar refractivity (Wildman–Crippen MR) is 103 cm³/mol. The van der Waals surface area contributed by atoms with Crippen LogP contribution in [0.4, 0.5) is 5.69 Å². The minimum absolute atomic E-state index is 0.0193. The van der Waals surface area contributed by atoms with Gasteiger partial charge in [0.2, 0.25) is 5.16 Å². The number of thioether (sulfide) groups is 1. The number of nitrogen functional groups attached to an aromatic ring is 1. The van der Waals surface area contributed by atoms with Crippen LogP contribution in [0, 0.1) is 10.1 Å². The number of aromatic nitrogens is 3. The van der Waals surface area contributed by atoms with Crippen LogP contribution in [0.25, 0.3) is 0 Å². The van der Waals surface area contributed by atoms with E-state index in [0.29, 0.717) is 17.2 Å². The van der Waals surface area contributed by atoms with Crippen molar-refractivity contribution in [3.63, 3.8) is 0 Å². The zero-order valence-corrected chi connectivity index (χ0v) is 15.5. The second kappa shape index (κ2) is 8.19. The fourth-order valence-electron chi connectivity index (χ4n) is 2.29. The molecule has 0 unspecified atom stereocenters. The first kappa shape index (κ1) is 18.9. The number of nitro groups is 1. The van der Waals surface area contributed by atoms with Crippen LogP contribution in [0.5, 0.6) is 0 Å². The minimum Gasteiger partial charge on any atom is -0.334 e. The van der Waals surface area contributed by atoms with Crippen molar-refractivity contribution >= 4 is 29.1 Å². The lowest BCUT2D eigenvalue weighted by Crippen LogP contribution is -2.33. The van der Waals surface area contributed by atoms with Crippen LogP contribution in [0.1, 0.15) is 16.8 Å². The van der Waals surface area contributed by atoms with Gasteiger partial charge >= 0.3 is 0 Å². The maximum Gasteiger partial charge on any atom is 0.294 e. The van der Waals surface area contributed by atoms with Gasteiger partial charge in [-0.3, -0.25) is 14.9 Å². The number of rotatable bonds is 6. The molecule has 27 heavy (non-hydrogen) atoms. The summed E-state index contributed by atoms with van der Waals surface area (Å²) in [5, 5.41) is 19.6. The first-order chi connectivity index (χ1) is 12.9. The summed E-state index contributed by atoms with van der Waals surface area (Å²) in [5.41, 5.74) is 1.54. The Labute approximate surface area is 163 Å². The van der Waals surface area contributed by atoms with Crippen molar-refractivity contribution in [1.82, 2.24) is 14.9 Å². The molecule has 0 fully saturated rings. The average Bonchev–Trinajstić information content (AvgIpc) is 2.67. The molecule has 1 aromatic heterocycles. The molecule has 0 aliphatic rings. The molecule has 0 bridgehead atoms. The highest BCUT2D eigenvalue weighted by molar-refractivity contribution is 7.98. The maximum absolute atomic E-state index is 12.4. The predicted octanol–water partition coefficient (Wildman–Crippen LogP) is 2.80. The van der Waals surface area contributed by atoms with Gasteiger partial charge in [0.1, 0.15) is 5.69 Å². The zero-order valence-electron chi connectivity index (χ0n) is 13.9. The maximum atomic E-state index is 12.4. The zero-order chi connectivity index (χ0) is 19.4. The monoisotopic (exact) mass is 403 g/mol. The molecule has 138 valence electrons. The Morgan fingerprint density at radius 2 is 1.70 bits per heavy atom. The van der Waals surface area contributed by atoms with Crippen molar-refractivity contribution in [2.24, 2.45) is 0 Å². The van der Waals surface area contributed by atoms with E-state index in [2.05, 4.69) is 10.2 Å². The molecule has 0 aliphatic carbocycles. The SMILES string of the molecule is Nn1c(SCc2ccc([N+](=O)[O-])cc2)nnc(Cc2ccc(Cl)cc2)c1=O. The first-order valence-corrected chi connectivity index (χ1v) is 9.14. The van der Waals surface area contributed by atoms with E-state index in [4.69, 9.17) is 17.4 Å². The van der Waals surface area contributed by atoms with E-state index in [1.807, 2.05) is 12.1 Å². The van der Waals surface area contributed by atoms with Gasteiger partial charge in [-0.15, -0.1) is 10.2 Å². The molecule has 3 rings (SSSR count). The summed E-state index contributed by atoms with van der Waals surface area (Å²) < 4.78 is 0.967. The summed E-state index contributed by atoms with van der Waals surface area (Å²) in [6.07, 6.45) is 0.299. The van der Waals surface area contributed by atoms with Gasteiger partial charge in [-0.2, -0.15) is 4.68 Å². The van der Waals surface area contributed by atoms with Gasteiger partial charge in [0.05, 0.1) is 4.92 Å². The van der Waals surface area contributed by atoms with E-state index in [1.54, 1.807) is 24.3 Å². The van der Waals surface area contributed by atoms with Crippen LogP contribution in [-0.2, 0) is 12.2 Å². The summed E-state index contributed by atoms with van der Waals surface area (Å²) >= 11 is 7.07. The summed E-state index contributed by atoms with van der Waals surface area (Å²) in [6, 6.07) is 13.2. The van der Waals surface area contributed by atoms with Gasteiger partial charge in [0.15, 0.2) is 0 Å². The average molecular weight is 404 g/mol. The summed E-state index contributed by atoms with van der Waals surface area (Å²) in [5.74, 6) is 6.30. The molecule has 2 aromatic carbocycles. The molecule has 0 aliphatic heterocycles. The topological polar surface area (TPSA) is 117 Å². The normalized spacial score (nSPS) is 10.7. The van der Waals surface area contributed by atoms with Gasteiger partial charge in [0, 0.05) is 29.3 Å². The lowest BCUT2D eigenvalue weighted by molar-refractivity contribution is -0.384. The van der Waals surface area contributed by atoms with Crippen molar-refractivity contribution in [3.05, 3.63) is 90.8 Å². The minimum atomic E-state index is -0.459. The van der Waals surface area contributed by atoms with E-state index in [0.717, 1.165) is 15.8 Å². The number of nitrogens with zero attached hydrogens (tertiary/aromatic N) is 4. The van der Waals surface area contributed by atoms with Crippen LogP contribution < -0.4 is 11.4 Å². The van der Waals surface area contributed by atoms with Crippen LogP contribution in [0.2, 0.25) is 5.02 Å². The number of non-ortho nitro benzene ring substituents is 1. The highest BCUT2D eigenvalue weighted by Gasteiger charge is 2.12. The molecule has 3 aromatic rings. The Hall–Kier alpha value is -2.91. The van der Waals surface area contributed by atoms with E-state index in [1.165, 1.54) is 23.9 Å². The second-order valence-corrected chi connectivity index (χ2v) is 7.00. The largest absolute Gasteiger partial charge is 0.334 e. The summed E-state index contributed by atoms with van der Waals surface area (Å²) in [4.78, 5) is 22.6. The van der Waals surface area contributed by atoms with E-state index in [9.17, 15) is 14.9 Å². The highest BCUT2D eigenvalue weighted by atomic mass is 35.5. The molecule has 2 N–H and O–H groups in total. The molecule has 10 heteroatoms. The van der Waals surface area contributed by atoms with Gasteiger partial charge < -0.3 is 5.84 Å². The Morgan fingerprint density at radius 1 is 1.07 bits per heavy atom. The van der Waals surface area contributed by atoms with Crippen molar-refractivity contribution < 1.29 is 4.92 Å². The molecular weight excluding hydrogens is 390 g/mol. The number of hydrogen-bond donors (Lipinski definition) is 1. The molecule has 0 saturated heterocycles. The molecular formula is C17H14ClN5O3S. The first-order valence-electron chi connectivity index (χ1n) is 7.78. The van der Waals surface area contributed by atoms with Gasteiger partial charge in [0.25, 0.3) is 11.2 Å². The quantitative estimate of drug-likeness (QED) is 0.291. The molecule has 0 radical (unpaired) electrons. The highest BCUT2D eigenvalue weighted by Crippen LogP contribution is 2.21. The molecule has 0 atom stereocenters. The second-order valence-electron chi connectivity index (χ2n) is 5.62. The number of benzene rings is 2. The van der Waals surface area contributed by atoms with Crippen molar-refractivity contribution in [2.75, 3.05) is 5.84 Å². The lowest BCUT2D eigenvalue weighted by Gasteiger charge is -2.08. The summed E-state index contributed by atoms with van der Waals surface area (Å²) in [6.45, 7) is 0. The molecule has 0 saturated carbocycles. The number of nitro benzene ring substituents is 1. The Kier molecular flexibility index (Phi) is 5.72. The lowest BCUT2D eigenvalue weighted by atomic mass is 10.1. The smallest absolute Gasteiger partial charge is 0.294 e. The number of hydrogen-bond acceptors (Lipinski definition) is 7. The number of nitrogens with two attached hydrogens (primary N) is 1. The van der Waals surface area contributed by atoms with E-state index in [-0.39, 0.29) is 16.5 Å². The molecule has 0 amide bonds. The van der Waals surface area contributed by atoms with Crippen molar-refractivity contribution in [3.8, 4) is 0 Å². The number of halogens is 1. The Balaban J connectivity index is 1.71. The summed E-state index contributed by atoms with van der Waals surface area (Å²) in [7, 11) is 0. The standard InChI is InChI=1S/C17H14ClN5O3S/c18-13-5-1-11(2-6-13)9-15-16(24)22(19)17(21-20-15)27-10-12-3-7-14(8-4-12)23(25)26/h1-8H,9-10,19H2. The van der Waals surface area contributed by atoms with Crippen LogP contribution >= 0.6 is 23.4 Å². The molecule has 8 nitrogen and oxygen atoms in total. The van der Waals surface area contributed by atoms with Crippen molar-refractivity contribution in [2.45, 2.75) is 17.3 Å². The van der Waals surface area contributed by atoms with Crippen molar-refractivity contribution in [1.29, 1.82) is 0 Å². The van der Waals surface area contributed by atoms with Gasteiger partial charge in [-0.25, -0.2) is 0 Å². The third kappa shape index (κ3) is 4.63.